The second-order valence-corrected chi connectivity index (χ2v) is 7.98. The first-order valence-electron chi connectivity index (χ1n) is 7.78. The highest BCUT2D eigenvalue weighted by Gasteiger charge is 2.25. The third-order valence-corrected chi connectivity index (χ3v) is 4.27. The summed E-state index contributed by atoms with van der Waals surface area (Å²) in [6.45, 7) is 11.1. The van der Waals surface area contributed by atoms with Crippen LogP contribution in [0, 0.1) is 5.82 Å². The van der Waals surface area contributed by atoms with Crippen LogP contribution in [-0.4, -0.2) is 6.61 Å². The highest BCUT2D eigenvalue weighted by molar-refractivity contribution is 6.31. The monoisotopic (exact) mass is 334 g/mol. The molecule has 0 saturated heterocycles. The van der Waals surface area contributed by atoms with E-state index >= 15 is 0 Å². The van der Waals surface area contributed by atoms with E-state index in [1.165, 1.54) is 17.7 Å². The minimum absolute atomic E-state index is 0.0785. The van der Waals surface area contributed by atoms with Crippen LogP contribution in [0.5, 0.6) is 5.75 Å². The molecule has 0 atom stereocenters. The Balaban J connectivity index is 2.16. The number of ether oxygens (including phenoxy) is 1. The summed E-state index contributed by atoms with van der Waals surface area (Å²) < 4.78 is 19.2. The molecule has 0 fully saturated rings. The first-order valence-corrected chi connectivity index (χ1v) is 8.16. The highest BCUT2D eigenvalue weighted by Crippen LogP contribution is 2.32. The Morgan fingerprint density at radius 1 is 1.00 bits per heavy atom. The molecule has 0 spiro atoms. The summed E-state index contributed by atoms with van der Waals surface area (Å²) in [4.78, 5) is 0. The van der Waals surface area contributed by atoms with E-state index in [9.17, 15) is 4.39 Å². The lowest BCUT2D eigenvalue weighted by atomic mass is 9.85. The van der Waals surface area contributed by atoms with Crippen molar-refractivity contribution < 1.29 is 9.13 Å². The molecule has 1 nitrogen and oxygen atoms in total. The average molecular weight is 335 g/mol. The molecule has 0 N–H and O–H groups in total. The van der Waals surface area contributed by atoms with Crippen LogP contribution in [-0.2, 0) is 10.8 Å². The minimum atomic E-state index is -0.326. The second-order valence-electron chi connectivity index (χ2n) is 7.57. The lowest BCUT2D eigenvalue weighted by molar-refractivity contribution is 0.240. The molecule has 2 rings (SSSR count). The van der Waals surface area contributed by atoms with Crippen molar-refractivity contribution in [2.75, 3.05) is 6.61 Å². The van der Waals surface area contributed by atoms with E-state index in [0.29, 0.717) is 11.6 Å². The number of benzene rings is 2. The van der Waals surface area contributed by atoms with E-state index < -0.39 is 0 Å². The van der Waals surface area contributed by atoms with Gasteiger partial charge >= 0.3 is 0 Å². The average Bonchev–Trinajstić information content (AvgIpc) is 2.44. The lowest BCUT2D eigenvalue weighted by Crippen LogP contribution is -2.26. The van der Waals surface area contributed by atoms with Crippen LogP contribution in [0.25, 0.3) is 0 Å². The Labute approximate surface area is 143 Å². The summed E-state index contributed by atoms with van der Waals surface area (Å²) in [6.07, 6.45) is 0. The third kappa shape index (κ3) is 4.48. The number of rotatable bonds is 4. The first-order chi connectivity index (χ1) is 10.6. The molecule has 0 radical (unpaired) electrons. The molecule has 124 valence electrons. The van der Waals surface area contributed by atoms with Gasteiger partial charge < -0.3 is 4.74 Å². The Bertz CT molecular complexity index is 686. The molecule has 0 heterocycles. The van der Waals surface area contributed by atoms with Crippen LogP contribution in [0.4, 0.5) is 4.39 Å². The highest BCUT2D eigenvalue weighted by atomic mass is 35.5. The predicted molar refractivity (Wildman–Crippen MR) is 95.1 cm³/mol. The van der Waals surface area contributed by atoms with Crippen LogP contribution in [0.3, 0.4) is 0 Å². The first kappa shape index (κ1) is 17.8. The minimum Gasteiger partial charge on any atom is -0.493 e. The van der Waals surface area contributed by atoms with Crippen molar-refractivity contribution in [1.82, 2.24) is 0 Å². The van der Waals surface area contributed by atoms with Crippen LogP contribution in [0.2, 0.25) is 5.02 Å². The molecule has 2 aromatic carbocycles. The van der Waals surface area contributed by atoms with Gasteiger partial charge in [-0.3, -0.25) is 0 Å². The van der Waals surface area contributed by atoms with Crippen LogP contribution < -0.4 is 4.74 Å². The van der Waals surface area contributed by atoms with Crippen molar-refractivity contribution >= 4 is 11.6 Å². The summed E-state index contributed by atoms with van der Waals surface area (Å²) in [7, 11) is 0. The molecule has 0 aliphatic carbocycles. The van der Waals surface area contributed by atoms with Crippen LogP contribution in [0.1, 0.15) is 45.7 Å². The van der Waals surface area contributed by atoms with E-state index in [1.54, 1.807) is 6.07 Å². The van der Waals surface area contributed by atoms with Gasteiger partial charge in [0.2, 0.25) is 0 Å². The van der Waals surface area contributed by atoms with Crippen molar-refractivity contribution in [3.8, 4) is 5.75 Å². The van der Waals surface area contributed by atoms with Crippen molar-refractivity contribution in [2.45, 2.75) is 45.4 Å². The topological polar surface area (TPSA) is 9.23 Å². The standard InChI is InChI=1S/C20H24ClFO/c1-19(2,3)14-7-6-8-16(11-14)23-13-20(4,5)17-10-9-15(22)12-18(17)21/h6-12H,13H2,1-5H3. The van der Waals surface area contributed by atoms with Crippen LogP contribution in [0.15, 0.2) is 42.5 Å². The molecular formula is C20H24ClFO. The van der Waals surface area contributed by atoms with Crippen LogP contribution >= 0.6 is 11.6 Å². The molecule has 0 bridgehead atoms. The summed E-state index contributed by atoms with van der Waals surface area (Å²) in [5, 5.41) is 0.432. The van der Waals surface area contributed by atoms with Gasteiger partial charge in [-0.2, -0.15) is 0 Å². The normalized spacial score (nSPS) is 12.3. The lowest BCUT2D eigenvalue weighted by Gasteiger charge is -2.27. The Morgan fingerprint density at radius 2 is 1.70 bits per heavy atom. The van der Waals surface area contributed by atoms with E-state index in [1.807, 2.05) is 26.0 Å². The predicted octanol–water partition coefficient (Wildman–Crippen LogP) is 6.13. The van der Waals surface area contributed by atoms with Gasteiger partial charge in [-0.05, 0) is 40.8 Å². The maximum Gasteiger partial charge on any atom is 0.124 e. The van der Waals surface area contributed by atoms with E-state index in [2.05, 4.69) is 32.9 Å². The number of hydrogen-bond donors (Lipinski definition) is 0. The molecule has 0 unspecified atom stereocenters. The maximum atomic E-state index is 13.2. The number of hydrogen-bond acceptors (Lipinski definition) is 1. The zero-order valence-electron chi connectivity index (χ0n) is 14.4. The second kappa shape index (κ2) is 6.52. The SMILES string of the molecule is CC(C)(C)c1cccc(OCC(C)(C)c2ccc(F)cc2Cl)c1. The Morgan fingerprint density at radius 3 is 2.30 bits per heavy atom. The fourth-order valence-corrected chi connectivity index (χ4v) is 2.86. The van der Waals surface area contributed by atoms with E-state index in [4.69, 9.17) is 16.3 Å². The molecule has 0 aliphatic heterocycles. The van der Waals surface area contributed by atoms with Crippen molar-refractivity contribution in [3.05, 3.63) is 64.4 Å². The Hall–Kier alpha value is -1.54. The van der Waals surface area contributed by atoms with Gasteiger partial charge in [-0.25, -0.2) is 4.39 Å². The van der Waals surface area contributed by atoms with Gasteiger partial charge in [0.1, 0.15) is 11.6 Å². The number of halogens is 2. The quantitative estimate of drug-likeness (QED) is 0.653. The molecule has 0 aliphatic rings. The summed E-state index contributed by atoms with van der Waals surface area (Å²) in [5.41, 5.74) is 1.87. The molecule has 2 aromatic rings. The zero-order chi connectivity index (χ0) is 17.3. The molecule has 0 saturated carbocycles. The molecule has 0 aromatic heterocycles. The largest absolute Gasteiger partial charge is 0.493 e. The van der Waals surface area contributed by atoms with Gasteiger partial charge in [-0.1, -0.05) is 64.4 Å². The third-order valence-electron chi connectivity index (χ3n) is 3.96. The van der Waals surface area contributed by atoms with Crippen molar-refractivity contribution in [2.24, 2.45) is 0 Å². The van der Waals surface area contributed by atoms with Gasteiger partial charge in [0.05, 0.1) is 6.61 Å². The summed E-state index contributed by atoms with van der Waals surface area (Å²) in [6, 6.07) is 12.7. The zero-order valence-corrected chi connectivity index (χ0v) is 15.2. The van der Waals surface area contributed by atoms with E-state index in [0.717, 1.165) is 11.3 Å². The summed E-state index contributed by atoms with van der Waals surface area (Å²) >= 11 is 6.19. The van der Waals surface area contributed by atoms with Gasteiger partial charge in [0.25, 0.3) is 0 Å². The smallest absolute Gasteiger partial charge is 0.124 e. The van der Waals surface area contributed by atoms with Gasteiger partial charge in [0, 0.05) is 10.4 Å². The van der Waals surface area contributed by atoms with E-state index in [-0.39, 0.29) is 16.6 Å². The van der Waals surface area contributed by atoms with Gasteiger partial charge in [0.15, 0.2) is 0 Å². The van der Waals surface area contributed by atoms with Crippen molar-refractivity contribution in [3.63, 3.8) is 0 Å². The molecular weight excluding hydrogens is 311 g/mol. The molecule has 3 heteroatoms. The summed E-state index contributed by atoms with van der Waals surface area (Å²) in [5.74, 6) is 0.511. The fourth-order valence-electron chi connectivity index (χ4n) is 2.43. The fraction of sp³-hybridized carbons (Fsp3) is 0.400. The van der Waals surface area contributed by atoms with Crippen molar-refractivity contribution in [1.29, 1.82) is 0 Å². The van der Waals surface area contributed by atoms with Gasteiger partial charge in [-0.15, -0.1) is 0 Å². The Kier molecular flexibility index (Phi) is 5.05. The molecule has 23 heavy (non-hydrogen) atoms. The maximum absolute atomic E-state index is 13.2. The molecule has 0 amide bonds.